The molecule has 0 amide bonds. The average molecular weight is 261 g/mol. The minimum atomic E-state index is -0.477. The van der Waals surface area contributed by atoms with E-state index in [9.17, 15) is 5.11 Å². The van der Waals surface area contributed by atoms with Gasteiger partial charge in [-0.25, -0.2) is 0 Å². The third-order valence-corrected chi connectivity index (χ3v) is 3.30. The van der Waals surface area contributed by atoms with Crippen LogP contribution >= 0.6 is 11.6 Å². The molecule has 94 valence electrons. The van der Waals surface area contributed by atoms with Gasteiger partial charge in [0.25, 0.3) is 0 Å². The molecule has 2 heteroatoms. The van der Waals surface area contributed by atoms with E-state index in [1.807, 2.05) is 36.4 Å². The highest BCUT2D eigenvalue weighted by atomic mass is 35.5. The first-order valence-corrected chi connectivity index (χ1v) is 6.58. The summed E-state index contributed by atoms with van der Waals surface area (Å²) >= 11 is 5.94. The molecule has 2 rings (SSSR count). The maximum atomic E-state index is 10.2. The molecular formula is C16H17ClO. The van der Waals surface area contributed by atoms with Gasteiger partial charge in [-0.2, -0.15) is 0 Å². The Bertz CT molecular complexity index is 522. The largest absolute Gasteiger partial charge is 0.388 e. The molecule has 0 aliphatic rings. The predicted molar refractivity (Wildman–Crippen MR) is 75.9 cm³/mol. The van der Waals surface area contributed by atoms with Crippen molar-refractivity contribution in [1.29, 1.82) is 0 Å². The normalized spacial score (nSPS) is 12.4. The Hall–Kier alpha value is -1.31. The van der Waals surface area contributed by atoms with Crippen molar-refractivity contribution in [3.05, 3.63) is 70.2 Å². The summed E-state index contributed by atoms with van der Waals surface area (Å²) in [5.41, 5.74) is 3.27. The van der Waals surface area contributed by atoms with Gasteiger partial charge in [0, 0.05) is 11.4 Å². The van der Waals surface area contributed by atoms with Crippen molar-refractivity contribution < 1.29 is 5.11 Å². The standard InChI is InChI=1S/C16H17ClO/c1-2-12-5-3-7-14(9-12)16(18)11-13-6-4-8-15(17)10-13/h3-10,16,18H,2,11H2,1H3. The lowest BCUT2D eigenvalue weighted by Crippen LogP contribution is -2.02. The zero-order valence-corrected chi connectivity index (χ0v) is 11.2. The smallest absolute Gasteiger partial charge is 0.0830 e. The van der Waals surface area contributed by atoms with Gasteiger partial charge < -0.3 is 5.11 Å². The Labute approximate surface area is 113 Å². The van der Waals surface area contributed by atoms with Gasteiger partial charge in [-0.3, -0.25) is 0 Å². The second kappa shape index (κ2) is 6.03. The molecule has 0 aliphatic heterocycles. The molecule has 0 aliphatic carbocycles. The molecule has 0 spiro atoms. The van der Waals surface area contributed by atoms with Crippen molar-refractivity contribution in [2.75, 3.05) is 0 Å². The summed E-state index contributed by atoms with van der Waals surface area (Å²) < 4.78 is 0. The molecule has 18 heavy (non-hydrogen) atoms. The Morgan fingerprint density at radius 2 is 1.78 bits per heavy atom. The molecular weight excluding hydrogens is 244 g/mol. The Kier molecular flexibility index (Phi) is 4.40. The second-order valence-corrected chi connectivity index (χ2v) is 4.88. The molecule has 0 radical (unpaired) electrons. The van der Waals surface area contributed by atoms with Gasteiger partial charge in [-0.1, -0.05) is 54.9 Å². The average Bonchev–Trinajstić information content (AvgIpc) is 2.39. The van der Waals surface area contributed by atoms with E-state index in [0.29, 0.717) is 11.4 Å². The van der Waals surface area contributed by atoms with Gasteiger partial charge >= 0.3 is 0 Å². The molecule has 1 N–H and O–H groups in total. The van der Waals surface area contributed by atoms with Crippen LogP contribution in [-0.4, -0.2) is 5.11 Å². The van der Waals surface area contributed by atoms with E-state index in [1.54, 1.807) is 0 Å². The van der Waals surface area contributed by atoms with E-state index in [1.165, 1.54) is 5.56 Å². The van der Waals surface area contributed by atoms with Crippen molar-refractivity contribution >= 4 is 11.6 Å². The van der Waals surface area contributed by atoms with Crippen LogP contribution in [0.15, 0.2) is 48.5 Å². The highest BCUT2D eigenvalue weighted by molar-refractivity contribution is 6.30. The molecule has 2 aromatic rings. The van der Waals surface area contributed by atoms with E-state index in [-0.39, 0.29) is 0 Å². The van der Waals surface area contributed by atoms with Crippen LogP contribution in [-0.2, 0) is 12.8 Å². The van der Waals surface area contributed by atoms with Gasteiger partial charge in [0.2, 0.25) is 0 Å². The van der Waals surface area contributed by atoms with Gasteiger partial charge in [0.15, 0.2) is 0 Å². The topological polar surface area (TPSA) is 20.2 Å². The Morgan fingerprint density at radius 1 is 1.06 bits per heavy atom. The number of hydrogen-bond donors (Lipinski definition) is 1. The minimum Gasteiger partial charge on any atom is -0.388 e. The Balaban J connectivity index is 2.13. The number of aryl methyl sites for hydroxylation is 1. The van der Waals surface area contributed by atoms with Crippen molar-refractivity contribution in [3.8, 4) is 0 Å². The first-order chi connectivity index (χ1) is 8.69. The van der Waals surface area contributed by atoms with Crippen LogP contribution < -0.4 is 0 Å². The lowest BCUT2D eigenvalue weighted by molar-refractivity contribution is 0.178. The van der Waals surface area contributed by atoms with Crippen molar-refractivity contribution in [2.24, 2.45) is 0 Å². The van der Waals surface area contributed by atoms with Gasteiger partial charge in [-0.15, -0.1) is 0 Å². The summed E-state index contributed by atoms with van der Waals surface area (Å²) in [5, 5.41) is 11.0. The van der Waals surface area contributed by atoms with Crippen LogP contribution in [0.3, 0.4) is 0 Å². The summed E-state index contributed by atoms with van der Waals surface area (Å²) in [5.74, 6) is 0. The number of benzene rings is 2. The monoisotopic (exact) mass is 260 g/mol. The van der Waals surface area contributed by atoms with Gasteiger partial charge in [0.1, 0.15) is 0 Å². The molecule has 0 bridgehead atoms. The van der Waals surface area contributed by atoms with Crippen LogP contribution in [0.25, 0.3) is 0 Å². The van der Waals surface area contributed by atoms with Gasteiger partial charge in [0.05, 0.1) is 6.10 Å². The molecule has 0 aromatic heterocycles. The first kappa shape index (κ1) is 13.1. The van der Waals surface area contributed by atoms with Crippen LogP contribution in [0.2, 0.25) is 5.02 Å². The summed E-state index contributed by atoms with van der Waals surface area (Å²) in [6.07, 6.45) is 1.10. The van der Waals surface area contributed by atoms with E-state index in [2.05, 4.69) is 19.1 Å². The lowest BCUT2D eigenvalue weighted by Gasteiger charge is -2.12. The maximum absolute atomic E-state index is 10.2. The van der Waals surface area contributed by atoms with Crippen LogP contribution in [0, 0.1) is 0 Å². The first-order valence-electron chi connectivity index (χ1n) is 6.20. The van der Waals surface area contributed by atoms with Crippen molar-refractivity contribution in [1.82, 2.24) is 0 Å². The number of aliphatic hydroxyl groups excluding tert-OH is 1. The second-order valence-electron chi connectivity index (χ2n) is 4.45. The van der Waals surface area contributed by atoms with E-state index < -0.39 is 6.10 Å². The SMILES string of the molecule is CCc1cccc(C(O)Cc2cccc(Cl)c2)c1. The summed E-state index contributed by atoms with van der Waals surface area (Å²) in [4.78, 5) is 0. The lowest BCUT2D eigenvalue weighted by atomic mass is 9.99. The number of hydrogen-bond acceptors (Lipinski definition) is 1. The van der Waals surface area contributed by atoms with Crippen molar-refractivity contribution in [3.63, 3.8) is 0 Å². The molecule has 1 nitrogen and oxygen atoms in total. The van der Waals surface area contributed by atoms with E-state index >= 15 is 0 Å². The van der Waals surface area contributed by atoms with Crippen molar-refractivity contribution in [2.45, 2.75) is 25.9 Å². The van der Waals surface area contributed by atoms with E-state index in [4.69, 9.17) is 11.6 Å². The summed E-state index contributed by atoms with van der Waals surface area (Å²) in [7, 11) is 0. The van der Waals surface area contributed by atoms with E-state index in [0.717, 1.165) is 17.5 Å². The Morgan fingerprint density at radius 3 is 2.50 bits per heavy atom. The van der Waals surface area contributed by atoms with Crippen LogP contribution in [0.1, 0.15) is 29.7 Å². The molecule has 2 aromatic carbocycles. The zero-order valence-electron chi connectivity index (χ0n) is 10.4. The number of aliphatic hydroxyl groups is 1. The summed E-state index contributed by atoms with van der Waals surface area (Å²) in [6.45, 7) is 2.11. The minimum absolute atomic E-state index is 0.477. The quantitative estimate of drug-likeness (QED) is 0.874. The zero-order chi connectivity index (χ0) is 13.0. The molecule has 0 saturated heterocycles. The maximum Gasteiger partial charge on any atom is 0.0830 e. The third kappa shape index (κ3) is 3.34. The highest BCUT2D eigenvalue weighted by Gasteiger charge is 2.09. The highest BCUT2D eigenvalue weighted by Crippen LogP contribution is 2.21. The molecule has 0 saturated carbocycles. The molecule has 1 unspecified atom stereocenters. The number of rotatable bonds is 4. The molecule has 0 fully saturated rings. The van der Waals surface area contributed by atoms with Crippen LogP contribution in [0.4, 0.5) is 0 Å². The molecule has 1 atom stereocenters. The van der Waals surface area contributed by atoms with Gasteiger partial charge in [-0.05, 0) is 35.2 Å². The fourth-order valence-electron chi connectivity index (χ4n) is 2.03. The third-order valence-electron chi connectivity index (χ3n) is 3.06. The predicted octanol–water partition coefficient (Wildman–Crippen LogP) is 4.18. The van der Waals surface area contributed by atoms with Crippen LogP contribution in [0.5, 0.6) is 0 Å². The fourth-order valence-corrected chi connectivity index (χ4v) is 2.24. The number of halogens is 1. The summed E-state index contributed by atoms with van der Waals surface area (Å²) in [6, 6.07) is 15.7. The fraction of sp³-hybridized carbons (Fsp3) is 0.250. The molecule has 0 heterocycles.